The van der Waals surface area contributed by atoms with Crippen LogP contribution in [-0.2, 0) is 29.7 Å². The molecule has 7 aromatic rings. The van der Waals surface area contributed by atoms with Gasteiger partial charge >= 0.3 is 0 Å². The molecule has 57 heavy (non-hydrogen) atoms. The summed E-state index contributed by atoms with van der Waals surface area (Å²) >= 11 is 3.69. The Morgan fingerprint density at radius 3 is 2.04 bits per heavy atom. The lowest BCUT2D eigenvalue weighted by Gasteiger charge is -2.36. The van der Waals surface area contributed by atoms with Crippen molar-refractivity contribution in [3.8, 4) is 32.1 Å². The van der Waals surface area contributed by atoms with Gasteiger partial charge in [0.25, 0.3) is 0 Å². The molecule has 8 rings (SSSR count). The van der Waals surface area contributed by atoms with Crippen LogP contribution in [0, 0.1) is 13.8 Å². The minimum Gasteiger partial charge on any atom is -0.354 e. The number of fused-ring (bicyclic) bond motifs is 1. The van der Waals surface area contributed by atoms with Crippen molar-refractivity contribution in [3.63, 3.8) is 0 Å². The van der Waals surface area contributed by atoms with E-state index in [-0.39, 0.29) is 11.9 Å². The molecular weight excluding hydrogens is 739 g/mol. The molecule has 1 aliphatic heterocycles. The number of hydrogen-bond acceptors (Lipinski definition) is 6. The van der Waals surface area contributed by atoms with E-state index >= 15 is 0 Å². The number of thiophene rings is 2. The van der Waals surface area contributed by atoms with E-state index in [1.165, 1.54) is 52.8 Å². The maximum absolute atomic E-state index is 14.4. The van der Waals surface area contributed by atoms with Gasteiger partial charge in [-0.3, -0.25) is 19.7 Å². The van der Waals surface area contributed by atoms with E-state index in [1.54, 1.807) is 0 Å². The number of carbonyl (C=O) groups is 1. The molecule has 1 aliphatic rings. The van der Waals surface area contributed by atoms with E-state index in [2.05, 4.69) is 139 Å². The third-order valence-electron chi connectivity index (χ3n) is 11.8. The summed E-state index contributed by atoms with van der Waals surface area (Å²) in [5, 5.41) is 1.20. The van der Waals surface area contributed by atoms with E-state index in [0.717, 1.165) is 67.5 Å². The van der Waals surface area contributed by atoms with Crippen molar-refractivity contribution in [1.29, 1.82) is 0 Å². The smallest absolute Gasteiger partial charge is 0.233 e. The normalized spacial score (nSPS) is 15.9. The van der Waals surface area contributed by atoms with Gasteiger partial charge in [-0.25, -0.2) is 0 Å². The number of nitrogens with zero attached hydrogens (tertiary/aromatic N) is 4. The largest absolute Gasteiger partial charge is 0.354 e. The first kappa shape index (κ1) is 39.0. The maximum atomic E-state index is 14.4. The Morgan fingerprint density at radius 1 is 0.825 bits per heavy atom. The molecule has 1 fully saturated rings. The van der Waals surface area contributed by atoms with Crippen molar-refractivity contribution in [1.82, 2.24) is 24.8 Å². The minimum absolute atomic E-state index is 0.236. The van der Waals surface area contributed by atoms with Gasteiger partial charge in [0.15, 0.2) is 0 Å². The molecule has 1 saturated heterocycles. The van der Waals surface area contributed by atoms with Crippen molar-refractivity contribution >= 4 is 39.5 Å². The molecule has 0 aliphatic carbocycles. The Hall–Kier alpha value is -4.89. The van der Waals surface area contributed by atoms with E-state index < -0.39 is 5.41 Å². The number of rotatable bonds is 13. The number of carbonyl (C=O) groups excluding carboxylic acids is 1. The Morgan fingerprint density at radius 2 is 1.46 bits per heavy atom. The van der Waals surface area contributed by atoms with Crippen LogP contribution < -0.4 is 0 Å². The summed E-state index contributed by atoms with van der Waals surface area (Å²) in [4.78, 5) is 36.9. The second-order valence-electron chi connectivity index (χ2n) is 16.4. The van der Waals surface area contributed by atoms with Gasteiger partial charge in [0.1, 0.15) is 0 Å². The Bertz CT molecular complexity index is 2380. The first-order valence-corrected chi connectivity index (χ1v) is 22.0. The molecular formula is C49H53N5OS2. The van der Waals surface area contributed by atoms with Crippen molar-refractivity contribution in [2.75, 3.05) is 6.54 Å². The predicted octanol–water partition coefficient (Wildman–Crippen LogP) is 12.0. The number of aromatic amines is 1. The molecule has 2 atom stereocenters. The number of nitrogens with one attached hydrogen (secondary N) is 1. The van der Waals surface area contributed by atoms with Gasteiger partial charge in [0.05, 0.1) is 5.41 Å². The number of aromatic nitrogens is 3. The SMILES string of the molecule is CCC1CCC(C)N1C(=O)C(C)(C)c1ccc2[nH]c(-c3cc(C)cc(C)c3)c(CCN(Cc3ccc(-c4cccnc4)s3)Cc3ccc(-c4cccnc4)s3)c2c1. The highest BCUT2D eigenvalue weighted by Crippen LogP contribution is 2.39. The van der Waals surface area contributed by atoms with E-state index in [1.807, 2.05) is 59.6 Å². The molecule has 292 valence electrons. The fourth-order valence-corrected chi connectivity index (χ4v) is 10.8. The average molecular weight is 792 g/mol. The molecule has 2 unspecified atom stereocenters. The standard InChI is InChI=1S/C49H53N5OS2/c1-7-39-14-12-34(4)54(39)48(55)49(5,6)38-13-17-44-43(27-38)42(47(52-44)37-25-32(2)24-33(3)26-37)20-23-53(30-40-15-18-45(56-40)35-10-8-21-50-28-35)31-41-16-19-46(57-41)36-11-9-22-51-29-36/h8-11,13,15-19,21-22,24-29,34,39,52H,7,12,14,20,23,30-31H2,1-6H3. The number of benzene rings is 2. The van der Waals surface area contributed by atoms with E-state index in [0.29, 0.717) is 6.04 Å². The fraction of sp³-hybridized carbons (Fsp3) is 0.327. The van der Waals surface area contributed by atoms with Gasteiger partial charge in [-0.15, -0.1) is 22.7 Å². The number of pyridine rings is 2. The van der Waals surface area contributed by atoms with Crippen LogP contribution in [0.2, 0.25) is 0 Å². The zero-order chi connectivity index (χ0) is 39.7. The highest BCUT2D eigenvalue weighted by atomic mass is 32.1. The molecule has 6 heterocycles. The maximum Gasteiger partial charge on any atom is 0.233 e. The lowest BCUT2D eigenvalue weighted by molar-refractivity contribution is -0.139. The summed E-state index contributed by atoms with van der Waals surface area (Å²) in [7, 11) is 0. The van der Waals surface area contributed by atoms with Crippen molar-refractivity contribution in [2.24, 2.45) is 0 Å². The summed E-state index contributed by atoms with van der Waals surface area (Å²) in [6.07, 6.45) is 11.6. The van der Waals surface area contributed by atoms with Crippen LogP contribution in [0.1, 0.15) is 79.0 Å². The predicted molar refractivity (Wildman–Crippen MR) is 239 cm³/mol. The molecule has 0 bridgehead atoms. The van der Waals surface area contributed by atoms with Gasteiger partial charge in [-0.05, 0) is 138 Å². The monoisotopic (exact) mass is 791 g/mol. The first-order chi connectivity index (χ1) is 27.6. The van der Waals surface area contributed by atoms with Gasteiger partial charge in [-0.1, -0.05) is 42.3 Å². The van der Waals surface area contributed by atoms with Crippen molar-refractivity contribution in [3.05, 3.63) is 142 Å². The van der Waals surface area contributed by atoms with Crippen LogP contribution in [0.4, 0.5) is 0 Å². The number of likely N-dealkylation sites (tertiary alicyclic amines) is 1. The van der Waals surface area contributed by atoms with Gasteiger partial charge < -0.3 is 9.88 Å². The van der Waals surface area contributed by atoms with Gasteiger partial charge in [-0.2, -0.15) is 0 Å². The van der Waals surface area contributed by atoms with Crippen LogP contribution >= 0.6 is 22.7 Å². The Kier molecular flexibility index (Phi) is 11.3. The topological polar surface area (TPSA) is 65.1 Å². The number of aryl methyl sites for hydroxylation is 2. The molecule has 1 amide bonds. The highest BCUT2D eigenvalue weighted by Gasteiger charge is 2.41. The third kappa shape index (κ3) is 8.27. The van der Waals surface area contributed by atoms with Crippen LogP contribution in [-0.4, -0.2) is 49.3 Å². The van der Waals surface area contributed by atoms with Gasteiger partial charge in [0, 0.05) is 104 Å². The lowest BCUT2D eigenvalue weighted by atomic mass is 9.81. The molecule has 6 nitrogen and oxygen atoms in total. The zero-order valence-electron chi connectivity index (χ0n) is 34.0. The number of H-pyrrole nitrogens is 1. The molecule has 0 radical (unpaired) electrons. The quantitative estimate of drug-likeness (QED) is 0.126. The summed E-state index contributed by atoms with van der Waals surface area (Å²) < 4.78 is 0. The zero-order valence-corrected chi connectivity index (χ0v) is 35.6. The van der Waals surface area contributed by atoms with E-state index in [9.17, 15) is 4.79 Å². The minimum atomic E-state index is -0.656. The van der Waals surface area contributed by atoms with Crippen LogP contribution in [0.25, 0.3) is 43.0 Å². The molecule has 0 saturated carbocycles. The number of amides is 1. The van der Waals surface area contributed by atoms with Crippen molar-refractivity contribution in [2.45, 2.75) is 97.8 Å². The first-order valence-electron chi connectivity index (χ1n) is 20.3. The molecule has 0 spiro atoms. The second-order valence-corrected chi connectivity index (χ2v) is 18.8. The molecule has 2 aromatic carbocycles. The Labute approximate surface area is 345 Å². The fourth-order valence-electron chi connectivity index (χ4n) is 8.72. The third-order valence-corrected chi connectivity index (χ3v) is 14.1. The molecule has 1 N–H and O–H groups in total. The van der Waals surface area contributed by atoms with Crippen LogP contribution in [0.5, 0.6) is 0 Å². The summed E-state index contributed by atoms with van der Waals surface area (Å²) in [5.74, 6) is 0.236. The Balaban J connectivity index is 1.16. The van der Waals surface area contributed by atoms with Crippen LogP contribution in [0.15, 0.2) is 110 Å². The lowest BCUT2D eigenvalue weighted by Crippen LogP contribution is -2.48. The van der Waals surface area contributed by atoms with Crippen molar-refractivity contribution < 1.29 is 4.79 Å². The number of hydrogen-bond donors (Lipinski definition) is 1. The van der Waals surface area contributed by atoms with E-state index in [4.69, 9.17) is 0 Å². The van der Waals surface area contributed by atoms with Crippen LogP contribution in [0.3, 0.4) is 0 Å². The molecule has 5 aromatic heterocycles. The summed E-state index contributed by atoms with van der Waals surface area (Å²) in [5.41, 5.74) is 10.00. The molecule has 8 heteroatoms. The van der Waals surface area contributed by atoms with Gasteiger partial charge in [0.2, 0.25) is 5.91 Å². The summed E-state index contributed by atoms with van der Waals surface area (Å²) in [6.45, 7) is 15.6. The second kappa shape index (κ2) is 16.5. The summed E-state index contributed by atoms with van der Waals surface area (Å²) in [6, 6.07) is 31.4. The highest BCUT2D eigenvalue weighted by molar-refractivity contribution is 7.15. The average Bonchev–Trinajstić information content (AvgIpc) is 4.03.